The van der Waals surface area contributed by atoms with Crippen molar-refractivity contribution in [2.24, 2.45) is 4.99 Å². The summed E-state index contributed by atoms with van der Waals surface area (Å²) in [7, 11) is 1.58. The summed E-state index contributed by atoms with van der Waals surface area (Å²) in [6.45, 7) is 6.15. The van der Waals surface area contributed by atoms with Crippen molar-refractivity contribution in [2.75, 3.05) is 13.7 Å². The smallest absolute Gasteiger partial charge is 0.363 e. The van der Waals surface area contributed by atoms with Crippen LogP contribution in [0.3, 0.4) is 0 Å². The van der Waals surface area contributed by atoms with Crippen LogP contribution in [-0.4, -0.2) is 25.6 Å². The third-order valence-corrected chi connectivity index (χ3v) is 5.68. The van der Waals surface area contributed by atoms with E-state index in [4.69, 9.17) is 14.2 Å². The van der Waals surface area contributed by atoms with Crippen LogP contribution in [0, 0.1) is 3.57 Å². The first kappa shape index (κ1) is 22.8. The van der Waals surface area contributed by atoms with Gasteiger partial charge in [0.25, 0.3) is 0 Å². The molecule has 166 valence electrons. The zero-order chi connectivity index (χ0) is 23.4. The Morgan fingerprint density at radius 1 is 1.06 bits per heavy atom. The summed E-state index contributed by atoms with van der Waals surface area (Å²) in [5, 5.41) is 0. The van der Waals surface area contributed by atoms with Gasteiger partial charge in [0.15, 0.2) is 17.2 Å². The summed E-state index contributed by atoms with van der Waals surface area (Å²) in [4.78, 5) is 16.9. The quantitative estimate of drug-likeness (QED) is 0.151. The number of ether oxygens (including phenoxy) is 3. The van der Waals surface area contributed by atoms with E-state index < -0.39 is 5.97 Å². The SMILES string of the molecule is C=C(C)COc1c(I)cc(/C=C2\N=C(c3ccc(-c4ccccc4)cc3)OC2=O)cc1OC. The predicted octanol–water partition coefficient (Wildman–Crippen LogP) is 6.27. The van der Waals surface area contributed by atoms with E-state index >= 15 is 0 Å². The van der Waals surface area contributed by atoms with E-state index in [1.807, 2.05) is 67.6 Å². The fourth-order valence-electron chi connectivity index (χ4n) is 3.28. The third-order valence-electron chi connectivity index (χ3n) is 4.88. The van der Waals surface area contributed by atoms with E-state index in [9.17, 15) is 4.79 Å². The monoisotopic (exact) mass is 551 g/mol. The van der Waals surface area contributed by atoms with E-state index in [-0.39, 0.29) is 11.6 Å². The molecule has 0 aliphatic carbocycles. The molecule has 1 aliphatic heterocycles. The topological polar surface area (TPSA) is 57.1 Å². The first-order valence-electron chi connectivity index (χ1n) is 10.3. The minimum absolute atomic E-state index is 0.227. The van der Waals surface area contributed by atoms with Crippen molar-refractivity contribution in [2.45, 2.75) is 6.92 Å². The minimum atomic E-state index is -0.492. The lowest BCUT2D eigenvalue weighted by atomic mass is 10.0. The Morgan fingerprint density at radius 2 is 1.73 bits per heavy atom. The van der Waals surface area contributed by atoms with Gasteiger partial charge in [-0.1, -0.05) is 49.0 Å². The number of methoxy groups -OCH3 is 1. The fourth-order valence-corrected chi connectivity index (χ4v) is 4.07. The van der Waals surface area contributed by atoms with Gasteiger partial charge in [0.1, 0.15) is 6.61 Å². The first-order valence-corrected chi connectivity index (χ1v) is 11.4. The van der Waals surface area contributed by atoms with Crippen molar-refractivity contribution in [3.8, 4) is 22.6 Å². The van der Waals surface area contributed by atoms with Crippen LogP contribution < -0.4 is 9.47 Å². The molecule has 0 spiro atoms. The highest BCUT2D eigenvalue weighted by Crippen LogP contribution is 2.35. The number of halogens is 1. The standard InChI is InChI=1S/C27H22INO4/c1-17(2)16-32-25-22(28)13-18(15-24(25)31-3)14-23-27(30)33-26(29-23)21-11-9-20(10-12-21)19-7-5-4-6-8-19/h4-15H,1,16H2,2-3H3/b23-14-. The Kier molecular flexibility index (Phi) is 6.93. The molecule has 0 amide bonds. The summed E-state index contributed by atoms with van der Waals surface area (Å²) in [6, 6.07) is 21.6. The molecule has 0 unspecified atom stereocenters. The molecule has 1 aliphatic rings. The zero-order valence-corrected chi connectivity index (χ0v) is 20.5. The number of carbonyl (C=O) groups excluding carboxylic acids is 1. The van der Waals surface area contributed by atoms with Crippen molar-refractivity contribution in [3.05, 3.63) is 99.3 Å². The van der Waals surface area contributed by atoms with Gasteiger partial charge in [0, 0.05) is 5.56 Å². The highest BCUT2D eigenvalue weighted by molar-refractivity contribution is 14.1. The van der Waals surface area contributed by atoms with E-state index in [2.05, 4.69) is 34.2 Å². The average molecular weight is 551 g/mol. The van der Waals surface area contributed by atoms with Gasteiger partial charge < -0.3 is 14.2 Å². The molecule has 0 radical (unpaired) electrons. The van der Waals surface area contributed by atoms with Crippen molar-refractivity contribution < 1.29 is 19.0 Å². The molecular formula is C27H22INO4. The van der Waals surface area contributed by atoms with Crippen molar-refractivity contribution >= 4 is 40.5 Å². The maximum atomic E-state index is 12.5. The Hall–Kier alpha value is -3.39. The molecule has 3 aromatic rings. The number of esters is 1. The van der Waals surface area contributed by atoms with Gasteiger partial charge in [-0.3, -0.25) is 0 Å². The van der Waals surface area contributed by atoms with Crippen LogP contribution in [0.25, 0.3) is 17.2 Å². The molecule has 3 aromatic carbocycles. The molecule has 0 saturated heterocycles. The first-order chi connectivity index (χ1) is 15.9. The molecular weight excluding hydrogens is 529 g/mol. The van der Waals surface area contributed by atoms with Crippen LogP contribution in [0.5, 0.6) is 11.5 Å². The Bertz CT molecular complexity index is 1260. The lowest BCUT2D eigenvalue weighted by Crippen LogP contribution is -2.05. The van der Waals surface area contributed by atoms with Crippen LogP contribution in [0.2, 0.25) is 0 Å². The van der Waals surface area contributed by atoms with Gasteiger partial charge in [-0.2, -0.15) is 0 Å². The molecule has 4 rings (SSSR count). The lowest BCUT2D eigenvalue weighted by molar-refractivity contribution is -0.129. The molecule has 0 N–H and O–H groups in total. The molecule has 0 bridgehead atoms. The second kappa shape index (κ2) is 10.0. The number of hydrogen-bond acceptors (Lipinski definition) is 5. The lowest BCUT2D eigenvalue weighted by Gasteiger charge is -2.13. The van der Waals surface area contributed by atoms with Crippen LogP contribution in [0.4, 0.5) is 0 Å². The number of nitrogens with zero attached hydrogens (tertiary/aromatic N) is 1. The average Bonchev–Trinajstić information content (AvgIpc) is 3.18. The maximum absolute atomic E-state index is 12.5. The van der Waals surface area contributed by atoms with Gasteiger partial charge in [0.2, 0.25) is 5.90 Å². The molecule has 1 heterocycles. The second-order valence-corrected chi connectivity index (χ2v) is 8.72. The Labute approximate surface area is 206 Å². The number of hydrogen-bond donors (Lipinski definition) is 0. The van der Waals surface area contributed by atoms with Gasteiger partial charge >= 0.3 is 5.97 Å². The highest BCUT2D eigenvalue weighted by Gasteiger charge is 2.24. The molecule has 0 saturated carbocycles. The van der Waals surface area contributed by atoms with E-state index in [1.54, 1.807) is 19.3 Å². The molecule has 5 nitrogen and oxygen atoms in total. The molecule has 33 heavy (non-hydrogen) atoms. The fraction of sp³-hybridized carbons (Fsp3) is 0.111. The van der Waals surface area contributed by atoms with Gasteiger partial charge in [-0.15, -0.1) is 0 Å². The van der Waals surface area contributed by atoms with Crippen molar-refractivity contribution in [1.29, 1.82) is 0 Å². The number of rotatable bonds is 7. The van der Waals surface area contributed by atoms with Crippen LogP contribution >= 0.6 is 22.6 Å². The summed E-state index contributed by atoms with van der Waals surface area (Å²) in [5.41, 5.74) is 4.83. The number of cyclic esters (lactones) is 1. The van der Waals surface area contributed by atoms with Gasteiger partial charge in [-0.05, 0) is 82.1 Å². The number of aliphatic imine (C=N–C) groups is 1. The highest BCUT2D eigenvalue weighted by atomic mass is 127. The minimum Gasteiger partial charge on any atom is -0.493 e. The number of carbonyl (C=O) groups is 1. The maximum Gasteiger partial charge on any atom is 0.363 e. The van der Waals surface area contributed by atoms with Crippen molar-refractivity contribution in [1.82, 2.24) is 0 Å². The van der Waals surface area contributed by atoms with Crippen molar-refractivity contribution in [3.63, 3.8) is 0 Å². The predicted molar refractivity (Wildman–Crippen MR) is 139 cm³/mol. The Morgan fingerprint density at radius 3 is 2.39 bits per heavy atom. The largest absolute Gasteiger partial charge is 0.493 e. The number of benzene rings is 3. The molecule has 0 atom stereocenters. The van der Waals surface area contributed by atoms with Gasteiger partial charge in [-0.25, -0.2) is 9.79 Å². The summed E-state index contributed by atoms with van der Waals surface area (Å²) >= 11 is 2.18. The normalized spacial score (nSPS) is 14.1. The van der Waals surface area contributed by atoms with Crippen LogP contribution in [0.15, 0.2) is 89.6 Å². The summed E-state index contributed by atoms with van der Waals surface area (Å²) < 4.78 is 17.6. The molecule has 0 aromatic heterocycles. The van der Waals surface area contributed by atoms with Crippen LogP contribution in [0.1, 0.15) is 18.1 Å². The zero-order valence-electron chi connectivity index (χ0n) is 18.3. The van der Waals surface area contributed by atoms with E-state index in [0.717, 1.165) is 31.4 Å². The Balaban J connectivity index is 1.59. The summed E-state index contributed by atoms with van der Waals surface area (Å²) in [6.07, 6.45) is 1.68. The molecule has 0 fully saturated rings. The second-order valence-electron chi connectivity index (χ2n) is 7.56. The van der Waals surface area contributed by atoms with E-state index in [1.165, 1.54) is 0 Å². The summed E-state index contributed by atoms with van der Waals surface area (Å²) in [5.74, 6) is 1.00. The van der Waals surface area contributed by atoms with Gasteiger partial charge in [0.05, 0.1) is 10.7 Å². The molecule has 6 heteroatoms. The van der Waals surface area contributed by atoms with Crippen LogP contribution in [-0.2, 0) is 9.53 Å². The van der Waals surface area contributed by atoms with E-state index in [0.29, 0.717) is 18.1 Å². The third kappa shape index (κ3) is 5.34.